The summed E-state index contributed by atoms with van der Waals surface area (Å²) in [5, 5.41) is 8.38. The second-order valence-electron chi connectivity index (χ2n) is 7.54. The lowest BCUT2D eigenvalue weighted by Gasteiger charge is -2.09. The van der Waals surface area contributed by atoms with Crippen LogP contribution in [-0.2, 0) is 19.6 Å². The number of anilines is 1. The first-order valence-electron chi connectivity index (χ1n) is 10.6. The number of carbonyl (C=O) groups is 1. The Labute approximate surface area is 202 Å². The molecule has 0 atom stereocenters. The molecule has 0 aliphatic rings. The van der Waals surface area contributed by atoms with Gasteiger partial charge < -0.3 is 10.1 Å². The van der Waals surface area contributed by atoms with E-state index in [2.05, 4.69) is 29.5 Å². The van der Waals surface area contributed by atoms with Crippen LogP contribution in [0.2, 0.25) is 10.0 Å². The third-order valence-electron chi connectivity index (χ3n) is 5.19. The maximum atomic E-state index is 12.7. The van der Waals surface area contributed by atoms with E-state index in [1.54, 1.807) is 41.2 Å². The third kappa shape index (κ3) is 5.95. The van der Waals surface area contributed by atoms with E-state index in [4.69, 9.17) is 27.9 Å². The number of amides is 1. The molecule has 1 N–H and O–H groups in total. The highest BCUT2D eigenvalue weighted by Crippen LogP contribution is 2.25. The van der Waals surface area contributed by atoms with Crippen molar-refractivity contribution in [3.05, 3.63) is 111 Å². The number of hydrogen-bond acceptors (Lipinski definition) is 3. The molecule has 33 heavy (non-hydrogen) atoms. The fourth-order valence-corrected chi connectivity index (χ4v) is 3.86. The van der Waals surface area contributed by atoms with Crippen molar-refractivity contribution in [3.8, 4) is 5.75 Å². The Hall–Kier alpha value is -3.28. The van der Waals surface area contributed by atoms with Gasteiger partial charge in [0, 0.05) is 33.4 Å². The van der Waals surface area contributed by atoms with Crippen LogP contribution >= 0.6 is 23.2 Å². The summed E-state index contributed by atoms with van der Waals surface area (Å²) in [6.07, 6.45) is 2.76. The highest BCUT2D eigenvalue weighted by Gasteiger charge is 2.11. The molecule has 0 fully saturated rings. The highest BCUT2D eigenvalue weighted by molar-refractivity contribution is 6.35. The molecule has 1 aromatic heterocycles. The summed E-state index contributed by atoms with van der Waals surface area (Å²) in [6.45, 7) is 2.89. The number of halogens is 2. The molecule has 4 aromatic rings. The van der Waals surface area contributed by atoms with Gasteiger partial charge in [-0.1, -0.05) is 60.5 Å². The van der Waals surface area contributed by atoms with E-state index in [0.717, 1.165) is 23.3 Å². The predicted octanol–water partition coefficient (Wildman–Crippen LogP) is 6.63. The maximum Gasteiger partial charge on any atom is 0.256 e. The van der Waals surface area contributed by atoms with Gasteiger partial charge in [0.25, 0.3) is 5.91 Å². The van der Waals surface area contributed by atoms with E-state index < -0.39 is 0 Å². The van der Waals surface area contributed by atoms with Gasteiger partial charge in [0.15, 0.2) is 5.82 Å². The first kappa shape index (κ1) is 22.9. The van der Waals surface area contributed by atoms with Gasteiger partial charge in [-0.05, 0) is 53.9 Å². The van der Waals surface area contributed by atoms with Crippen LogP contribution in [0.3, 0.4) is 0 Å². The summed E-state index contributed by atoms with van der Waals surface area (Å²) in [5.74, 6) is 0.997. The minimum Gasteiger partial charge on any atom is -0.489 e. The lowest BCUT2D eigenvalue weighted by Crippen LogP contribution is -2.13. The van der Waals surface area contributed by atoms with Crippen molar-refractivity contribution in [2.75, 3.05) is 5.32 Å². The number of ether oxygens (including phenoxy) is 1. The van der Waals surface area contributed by atoms with Crippen LogP contribution < -0.4 is 10.1 Å². The van der Waals surface area contributed by atoms with Gasteiger partial charge in [0.1, 0.15) is 12.4 Å². The van der Waals surface area contributed by atoms with Crippen LogP contribution in [0.1, 0.15) is 34.0 Å². The van der Waals surface area contributed by atoms with Crippen LogP contribution in [0.25, 0.3) is 0 Å². The summed E-state index contributed by atoms with van der Waals surface area (Å²) in [5.41, 5.74) is 3.47. The number of benzene rings is 3. The van der Waals surface area contributed by atoms with E-state index in [9.17, 15) is 4.79 Å². The summed E-state index contributed by atoms with van der Waals surface area (Å²) in [4.78, 5) is 12.7. The molecule has 1 heterocycles. The number of hydrogen-bond donors (Lipinski definition) is 1. The molecule has 0 saturated carbocycles. The number of aryl methyl sites for hydroxylation is 1. The quantitative estimate of drug-likeness (QED) is 0.308. The van der Waals surface area contributed by atoms with Crippen LogP contribution in [0.4, 0.5) is 5.82 Å². The Morgan fingerprint density at radius 3 is 2.42 bits per heavy atom. The number of nitrogens with one attached hydrogen (secondary N) is 1. The number of nitrogens with zero attached hydrogens (tertiary/aromatic N) is 2. The molecular weight excluding hydrogens is 457 g/mol. The molecule has 0 saturated heterocycles. The Morgan fingerprint density at radius 1 is 0.970 bits per heavy atom. The number of aromatic nitrogens is 2. The van der Waals surface area contributed by atoms with E-state index in [1.165, 1.54) is 5.56 Å². The van der Waals surface area contributed by atoms with Crippen molar-refractivity contribution in [1.82, 2.24) is 9.78 Å². The summed E-state index contributed by atoms with van der Waals surface area (Å²) >= 11 is 12.5. The van der Waals surface area contributed by atoms with E-state index in [1.807, 2.05) is 30.3 Å². The van der Waals surface area contributed by atoms with Gasteiger partial charge in [-0.2, -0.15) is 5.10 Å². The molecular formula is C26H23Cl2N3O2. The zero-order valence-electron chi connectivity index (χ0n) is 18.1. The first-order valence-corrected chi connectivity index (χ1v) is 11.4. The lowest BCUT2D eigenvalue weighted by molar-refractivity contribution is 0.102. The molecule has 4 rings (SSSR count). The standard InChI is InChI=1S/C26H23Cl2N3O2/c1-2-18-9-11-21(12-10-18)33-17-19-5-3-6-20(15-19)26(32)29-25-13-14-31(30-25)16-22-23(27)7-4-8-24(22)28/h3-15H,2,16-17H2,1H3,(H,29,30,32). The Kier molecular flexibility index (Phi) is 7.33. The highest BCUT2D eigenvalue weighted by atomic mass is 35.5. The second kappa shape index (κ2) is 10.6. The van der Waals surface area contributed by atoms with Crippen molar-refractivity contribution < 1.29 is 9.53 Å². The summed E-state index contributed by atoms with van der Waals surface area (Å²) in [6, 6.07) is 22.5. The average molecular weight is 480 g/mol. The maximum absolute atomic E-state index is 12.7. The second-order valence-corrected chi connectivity index (χ2v) is 8.35. The number of carbonyl (C=O) groups excluding carboxylic acids is 1. The summed E-state index contributed by atoms with van der Waals surface area (Å²) in [7, 11) is 0. The monoisotopic (exact) mass is 479 g/mol. The van der Waals surface area contributed by atoms with E-state index in [-0.39, 0.29) is 5.91 Å². The SMILES string of the molecule is CCc1ccc(OCc2cccc(C(=O)Nc3ccn(Cc4c(Cl)cccc4Cl)n3)c2)cc1. The fraction of sp³-hybridized carbons (Fsp3) is 0.154. The zero-order chi connectivity index (χ0) is 23.2. The third-order valence-corrected chi connectivity index (χ3v) is 5.90. The van der Waals surface area contributed by atoms with Crippen LogP contribution in [0, 0.1) is 0 Å². The van der Waals surface area contributed by atoms with Gasteiger partial charge in [-0.15, -0.1) is 0 Å². The molecule has 1 amide bonds. The van der Waals surface area contributed by atoms with Gasteiger partial charge in [-0.25, -0.2) is 0 Å². The average Bonchev–Trinajstić information content (AvgIpc) is 3.27. The van der Waals surface area contributed by atoms with Gasteiger partial charge in [0.05, 0.1) is 6.54 Å². The zero-order valence-corrected chi connectivity index (χ0v) is 19.6. The largest absolute Gasteiger partial charge is 0.489 e. The molecule has 5 nitrogen and oxygen atoms in total. The van der Waals surface area contributed by atoms with Crippen LogP contribution in [0.5, 0.6) is 5.75 Å². The predicted molar refractivity (Wildman–Crippen MR) is 132 cm³/mol. The summed E-state index contributed by atoms with van der Waals surface area (Å²) < 4.78 is 7.53. The molecule has 7 heteroatoms. The normalized spacial score (nSPS) is 10.8. The first-order chi connectivity index (χ1) is 16.0. The molecule has 168 valence electrons. The van der Waals surface area contributed by atoms with E-state index >= 15 is 0 Å². The molecule has 0 spiro atoms. The minimum absolute atomic E-state index is 0.245. The fourth-order valence-electron chi connectivity index (χ4n) is 3.34. The van der Waals surface area contributed by atoms with Crippen molar-refractivity contribution in [2.45, 2.75) is 26.5 Å². The van der Waals surface area contributed by atoms with Gasteiger partial charge in [0.2, 0.25) is 0 Å². The van der Waals surface area contributed by atoms with Gasteiger partial charge in [-0.3, -0.25) is 9.48 Å². The minimum atomic E-state index is -0.245. The molecule has 0 radical (unpaired) electrons. The molecule has 0 bridgehead atoms. The molecule has 0 aliphatic heterocycles. The lowest BCUT2D eigenvalue weighted by atomic mass is 10.1. The van der Waals surface area contributed by atoms with Crippen molar-refractivity contribution in [3.63, 3.8) is 0 Å². The molecule has 3 aromatic carbocycles. The topological polar surface area (TPSA) is 56.1 Å². The molecule has 0 unspecified atom stereocenters. The van der Waals surface area contributed by atoms with Crippen molar-refractivity contribution in [1.29, 1.82) is 0 Å². The Balaban J connectivity index is 1.37. The molecule has 0 aliphatic carbocycles. The van der Waals surface area contributed by atoms with Crippen LogP contribution in [0.15, 0.2) is 79.0 Å². The van der Waals surface area contributed by atoms with Crippen LogP contribution in [-0.4, -0.2) is 15.7 Å². The Bertz CT molecular complexity index is 1230. The van der Waals surface area contributed by atoms with Gasteiger partial charge >= 0.3 is 0 Å². The number of rotatable bonds is 8. The smallest absolute Gasteiger partial charge is 0.256 e. The Morgan fingerprint density at radius 2 is 1.70 bits per heavy atom. The van der Waals surface area contributed by atoms with Crippen molar-refractivity contribution >= 4 is 34.9 Å². The van der Waals surface area contributed by atoms with E-state index in [0.29, 0.717) is 34.6 Å². The van der Waals surface area contributed by atoms with Crippen molar-refractivity contribution in [2.24, 2.45) is 0 Å².